The highest BCUT2D eigenvalue weighted by atomic mass is 16.5. The van der Waals surface area contributed by atoms with Crippen molar-refractivity contribution in [2.24, 2.45) is 5.92 Å². The molecule has 0 aromatic heterocycles. The minimum atomic E-state index is -0.0505. The first-order valence-corrected chi connectivity index (χ1v) is 5.82. The molecular formula is C13H18N2O2. The second-order valence-corrected chi connectivity index (χ2v) is 4.71. The molecule has 2 rings (SSSR count). The highest BCUT2D eigenvalue weighted by Gasteiger charge is 2.22. The Hall–Kier alpha value is -1.71. The third-order valence-electron chi connectivity index (χ3n) is 2.83. The Morgan fingerprint density at radius 3 is 2.71 bits per heavy atom. The van der Waals surface area contributed by atoms with Crippen LogP contribution in [0.2, 0.25) is 0 Å². The second kappa shape index (κ2) is 4.65. The lowest BCUT2D eigenvalue weighted by atomic mass is 10.1. The van der Waals surface area contributed by atoms with Gasteiger partial charge >= 0.3 is 0 Å². The van der Waals surface area contributed by atoms with Crippen LogP contribution in [0.5, 0.6) is 5.75 Å². The Kier molecular flexibility index (Phi) is 3.22. The molecule has 4 nitrogen and oxygen atoms in total. The summed E-state index contributed by atoms with van der Waals surface area (Å²) in [6.45, 7) is 0.727. The number of nitrogens with zero attached hydrogens (tertiary/aromatic N) is 1. The van der Waals surface area contributed by atoms with E-state index in [1.807, 2.05) is 0 Å². The molecule has 1 aromatic carbocycles. The van der Waals surface area contributed by atoms with Gasteiger partial charge in [-0.15, -0.1) is 0 Å². The molecule has 1 fully saturated rings. The van der Waals surface area contributed by atoms with Crippen molar-refractivity contribution >= 4 is 11.6 Å². The monoisotopic (exact) mass is 234 g/mol. The van der Waals surface area contributed by atoms with Gasteiger partial charge in [-0.3, -0.25) is 4.79 Å². The van der Waals surface area contributed by atoms with Gasteiger partial charge in [-0.05, 0) is 37.0 Å². The van der Waals surface area contributed by atoms with Crippen molar-refractivity contribution in [2.75, 3.05) is 26.4 Å². The fourth-order valence-electron chi connectivity index (χ4n) is 1.56. The number of anilines is 1. The lowest BCUT2D eigenvalue weighted by molar-refractivity contribution is 0.0827. The molecule has 0 spiro atoms. The molecule has 0 heterocycles. The molecule has 92 valence electrons. The first-order valence-electron chi connectivity index (χ1n) is 5.82. The summed E-state index contributed by atoms with van der Waals surface area (Å²) in [5.74, 6) is 1.31. The SMILES string of the molecule is CN(C)C(=O)c1ccc(OCC2CC2)c(N)c1. The zero-order chi connectivity index (χ0) is 12.4. The number of amides is 1. The average molecular weight is 234 g/mol. The topological polar surface area (TPSA) is 55.6 Å². The van der Waals surface area contributed by atoms with Crippen molar-refractivity contribution in [3.63, 3.8) is 0 Å². The smallest absolute Gasteiger partial charge is 0.253 e. The maximum absolute atomic E-state index is 11.7. The Labute approximate surface area is 101 Å². The van der Waals surface area contributed by atoms with E-state index < -0.39 is 0 Å². The molecule has 1 saturated carbocycles. The number of hydrogen-bond acceptors (Lipinski definition) is 3. The van der Waals surface area contributed by atoms with E-state index in [9.17, 15) is 4.79 Å². The number of benzene rings is 1. The van der Waals surface area contributed by atoms with Gasteiger partial charge in [0.2, 0.25) is 0 Å². The van der Waals surface area contributed by atoms with E-state index in [4.69, 9.17) is 10.5 Å². The fourth-order valence-corrected chi connectivity index (χ4v) is 1.56. The third kappa shape index (κ3) is 2.90. The molecule has 0 unspecified atom stereocenters. The van der Waals surface area contributed by atoms with Crippen molar-refractivity contribution in [2.45, 2.75) is 12.8 Å². The summed E-state index contributed by atoms with van der Waals surface area (Å²) in [6.07, 6.45) is 2.49. The summed E-state index contributed by atoms with van der Waals surface area (Å²) >= 11 is 0. The van der Waals surface area contributed by atoms with Gasteiger partial charge in [0.1, 0.15) is 5.75 Å². The van der Waals surface area contributed by atoms with Crippen molar-refractivity contribution in [1.82, 2.24) is 4.90 Å². The van der Waals surface area contributed by atoms with E-state index in [1.54, 1.807) is 32.3 Å². The van der Waals surface area contributed by atoms with Crippen LogP contribution in [0.4, 0.5) is 5.69 Å². The van der Waals surface area contributed by atoms with E-state index >= 15 is 0 Å². The van der Waals surface area contributed by atoms with E-state index in [-0.39, 0.29) is 5.91 Å². The maximum atomic E-state index is 11.7. The number of rotatable bonds is 4. The average Bonchev–Trinajstić information content (AvgIpc) is 3.10. The molecule has 0 aliphatic heterocycles. The molecule has 1 amide bonds. The first-order chi connectivity index (χ1) is 8.08. The maximum Gasteiger partial charge on any atom is 0.253 e. The molecular weight excluding hydrogens is 216 g/mol. The van der Waals surface area contributed by atoms with Crippen LogP contribution in [-0.4, -0.2) is 31.5 Å². The number of hydrogen-bond donors (Lipinski definition) is 1. The van der Waals surface area contributed by atoms with Gasteiger partial charge in [0.25, 0.3) is 5.91 Å². The number of carbonyl (C=O) groups is 1. The van der Waals surface area contributed by atoms with Crippen LogP contribution in [0.3, 0.4) is 0 Å². The van der Waals surface area contributed by atoms with Crippen LogP contribution in [0.25, 0.3) is 0 Å². The largest absolute Gasteiger partial charge is 0.491 e. The highest BCUT2D eigenvalue weighted by molar-refractivity contribution is 5.95. The van der Waals surface area contributed by atoms with Crippen LogP contribution < -0.4 is 10.5 Å². The van der Waals surface area contributed by atoms with Crippen LogP contribution in [0.1, 0.15) is 23.2 Å². The molecule has 0 atom stereocenters. The number of nitrogen functional groups attached to an aromatic ring is 1. The summed E-state index contributed by atoms with van der Waals surface area (Å²) in [4.78, 5) is 13.2. The highest BCUT2D eigenvalue weighted by Crippen LogP contribution is 2.31. The fraction of sp³-hybridized carbons (Fsp3) is 0.462. The second-order valence-electron chi connectivity index (χ2n) is 4.71. The number of nitrogens with two attached hydrogens (primary N) is 1. The molecule has 1 aliphatic carbocycles. The van der Waals surface area contributed by atoms with Gasteiger partial charge in [-0.25, -0.2) is 0 Å². The van der Waals surface area contributed by atoms with Gasteiger partial charge in [0, 0.05) is 19.7 Å². The molecule has 0 bridgehead atoms. The standard InChI is InChI=1S/C13H18N2O2/c1-15(2)13(16)10-5-6-12(11(14)7-10)17-8-9-3-4-9/h5-7,9H,3-4,8,14H2,1-2H3. The van der Waals surface area contributed by atoms with Gasteiger partial charge < -0.3 is 15.4 Å². The predicted octanol–water partition coefficient (Wildman–Crippen LogP) is 1.76. The summed E-state index contributed by atoms with van der Waals surface area (Å²) in [6, 6.07) is 5.19. The summed E-state index contributed by atoms with van der Waals surface area (Å²) < 4.78 is 5.61. The van der Waals surface area contributed by atoms with Gasteiger partial charge in [0.05, 0.1) is 12.3 Å². The van der Waals surface area contributed by atoms with E-state index in [1.165, 1.54) is 17.7 Å². The van der Waals surface area contributed by atoms with E-state index in [0.717, 1.165) is 6.61 Å². The number of carbonyl (C=O) groups excluding carboxylic acids is 1. The van der Waals surface area contributed by atoms with Crippen LogP contribution in [-0.2, 0) is 0 Å². The summed E-state index contributed by atoms with van der Waals surface area (Å²) in [5, 5.41) is 0. The van der Waals surface area contributed by atoms with Gasteiger partial charge in [-0.2, -0.15) is 0 Å². The van der Waals surface area contributed by atoms with E-state index in [2.05, 4.69) is 0 Å². The molecule has 2 N–H and O–H groups in total. The van der Waals surface area contributed by atoms with Crippen molar-refractivity contribution in [3.8, 4) is 5.75 Å². The molecule has 0 radical (unpaired) electrons. The minimum absolute atomic E-state index is 0.0505. The predicted molar refractivity (Wildman–Crippen MR) is 67.1 cm³/mol. The lowest BCUT2D eigenvalue weighted by Gasteiger charge is -2.13. The third-order valence-corrected chi connectivity index (χ3v) is 2.83. The quantitative estimate of drug-likeness (QED) is 0.808. The van der Waals surface area contributed by atoms with Crippen molar-refractivity contribution in [3.05, 3.63) is 23.8 Å². The van der Waals surface area contributed by atoms with Gasteiger partial charge in [0.15, 0.2) is 0 Å². The van der Waals surface area contributed by atoms with Crippen molar-refractivity contribution in [1.29, 1.82) is 0 Å². The first kappa shape index (κ1) is 11.8. The Morgan fingerprint density at radius 1 is 1.47 bits per heavy atom. The van der Waals surface area contributed by atoms with Crippen LogP contribution >= 0.6 is 0 Å². The Balaban J connectivity index is 2.07. The zero-order valence-electron chi connectivity index (χ0n) is 10.3. The molecule has 1 aliphatic rings. The van der Waals surface area contributed by atoms with Crippen LogP contribution in [0.15, 0.2) is 18.2 Å². The number of ether oxygens (including phenoxy) is 1. The Bertz CT molecular complexity index is 425. The summed E-state index contributed by atoms with van der Waals surface area (Å²) in [7, 11) is 3.44. The minimum Gasteiger partial charge on any atom is -0.491 e. The lowest BCUT2D eigenvalue weighted by Crippen LogP contribution is -2.21. The van der Waals surface area contributed by atoms with Crippen molar-refractivity contribution < 1.29 is 9.53 Å². The van der Waals surface area contributed by atoms with Crippen LogP contribution in [0, 0.1) is 5.92 Å². The molecule has 17 heavy (non-hydrogen) atoms. The summed E-state index contributed by atoms with van der Waals surface area (Å²) in [5.41, 5.74) is 6.99. The molecule has 1 aromatic rings. The zero-order valence-corrected chi connectivity index (χ0v) is 10.3. The van der Waals surface area contributed by atoms with E-state index in [0.29, 0.717) is 22.9 Å². The molecule has 4 heteroatoms. The molecule has 0 saturated heterocycles. The Morgan fingerprint density at radius 2 is 2.18 bits per heavy atom. The normalized spacial score (nSPS) is 14.5. The van der Waals surface area contributed by atoms with Gasteiger partial charge in [-0.1, -0.05) is 0 Å².